The third-order valence-electron chi connectivity index (χ3n) is 3.93. The van der Waals surface area contributed by atoms with Crippen molar-refractivity contribution in [2.75, 3.05) is 7.11 Å². The van der Waals surface area contributed by atoms with E-state index in [2.05, 4.69) is 5.32 Å². The van der Waals surface area contributed by atoms with Gasteiger partial charge in [0.05, 0.1) is 6.10 Å². The lowest BCUT2D eigenvalue weighted by Gasteiger charge is -2.51. The van der Waals surface area contributed by atoms with E-state index in [0.717, 1.165) is 6.42 Å². The average molecular weight is 265 g/mol. The zero-order valence-corrected chi connectivity index (χ0v) is 11.3. The Bertz CT molecular complexity index is 478. The summed E-state index contributed by atoms with van der Waals surface area (Å²) < 4.78 is 5.33. The molecule has 1 aromatic rings. The van der Waals surface area contributed by atoms with Gasteiger partial charge < -0.3 is 20.3 Å². The molecule has 3 N–H and O–H groups in total. The number of methoxy groups -OCH3 is 1. The van der Waals surface area contributed by atoms with Crippen LogP contribution in [0.3, 0.4) is 0 Å². The number of phenols is 2. The molecule has 0 aliphatic heterocycles. The number of hydrogen-bond donors (Lipinski definition) is 3. The maximum atomic E-state index is 12.1. The molecule has 2 unspecified atom stereocenters. The van der Waals surface area contributed by atoms with Gasteiger partial charge in [-0.1, -0.05) is 13.8 Å². The van der Waals surface area contributed by atoms with Gasteiger partial charge in [0.15, 0.2) is 0 Å². The highest BCUT2D eigenvalue weighted by Crippen LogP contribution is 2.42. The van der Waals surface area contributed by atoms with Gasteiger partial charge in [0.2, 0.25) is 0 Å². The summed E-state index contributed by atoms with van der Waals surface area (Å²) in [5.41, 5.74) is 0.123. The first-order valence-corrected chi connectivity index (χ1v) is 6.21. The van der Waals surface area contributed by atoms with Crippen LogP contribution < -0.4 is 5.32 Å². The third-order valence-corrected chi connectivity index (χ3v) is 3.93. The molecule has 0 heterocycles. The number of aromatic hydroxyl groups is 2. The summed E-state index contributed by atoms with van der Waals surface area (Å²) >= 11 is 0. The molecule has 5 heteroatoms. The van der Waals surface area contributed by atoms with Crippen molar-refractivity contribution in [3.8, 4) is 11.5 Å². The fourth-order valence-electron chi connectivity index (χ4n) is 2.50. The molecule has 19 heavy (non-hydrogen) atoms. The van der Waals surface area contributed by atoms with Crippen LogP contribution >= 0.6 is 0 Å². The topological polar surface area (TPSA) is 78.8 Å². The van der Waals surface area contributed by atoms with E-state index in [-0.39, 0.29) is 40.5 Å². The van der Waals surface area contributed by atoms with E-state index in [1.807, 2.05) is 13.8 Å². The maximum Gasteiger partial charge on any atom is 0.251 e. The number of phenolic OH excluding ortho intramolecular Hbond substituents is 2. The number of carbonyl (C=O) groups is 1. The summed E-state index contributed by atoms with van der Waals surface area (Å²) in [6.07, 6.45) is 0.899. The molecule has 1 saturated carbocycles. The van der Waals surface area contributed by atoms with E-state index in [1.165, 1.54) is 18.2 Å². The van der Waals surface area contributed by atoms with Gasteiger partial charge in [0, 0.05) is 30.2 Å². The summed E-state index contributed by atoms with van der Waals surface area (Å²) in [7, 11) is 1.66. The Labute approximate surface area is 112 Å². The first-order valence-electron chi connectivity index (χ1n) is 6.21. The molecule has 1 amide bonds. The standard InChI is InChI=1S/C14H19NO4/c1-14(2)11(7-12(14)19-3)15-13(18)8-4-9(16)6-10(17)5-8/h4-6,11-12,16-17H,7H2,1-3H3,(H,15,18). The van der Waals surface area contributed by atoms with Gasteiger partial charge in [0.25, 0.3) is 5.91 Å². The quantitative estimate of drug-likeness (QED) is 0.776. The first-order chi connectivity index (χ1) is 8.84. The lowest BCUT2D eigenvalue weighted by Crippen LogP contribution is -2.61. The number of carbonyl (C=O) groups excluding carboxylic acids is 1. The minimum absolute atomic E-state index is 0.0226. The Morgan fingerprint density at radius 2 is 1.89 bits per heavy atom. The molecular weight excluding hydrogens is 246 g/mol. The van der Waals surface area contributed by atoms with E-state index in [4.69, 9.17) is 4.74 Å². The van der Waals surface area contributed by atoms with Crippen LogP contribution in [0, 0.1) is 5.41 Å². The van der Waals surface area contributed by atoms with E-state index in [1.54, 1.807) is 7.11 Å². The monoisotopic (exact) mass is 265 g/mol. The van der Waals surface area contributed by atoms with Gasteiger partial charge in [-0.3, -0.25) is 4.79 Å². The van der Waals surface area contributed by atoms with Crippen molar-refractivity contribution in [3.63, 3.8) is 0 Å². The summed E-state index contributed by atoms with van der Waals surface area (Å²) in [4.78, 5) is 12.1. The smallest absolute Gasteiger partial charge is 0.251 e. The molecule has 0 spiro atoms. The minimum atomic E-state index is -0.307. The summed E-state index contributed by atoms with van der Waals surface area (Å²) in [6.45, 7) is 4.07. The predicted octanol–water partition coefficient (Wildman–Crippen LogP) is 1.64. The Morgan fingerprint density at radius 1 is 1.32 bits per heavy atom. The molecule has 2 rings (SSSR count). The number of benzene rings is 1. The van der Waals surface area contributed by atoms with Crippen molar-refractivity contribution in [2.45, 2.75) is 32.4 Å². The van der Waals surface area contributed by atoms with Gasteiger partial charge >= 0.3 is 0 Å². The molecule has 1 aliphatic carbocycles. The highest BCUT2D eigenvalue weighted by Gasteiger charge is 2.49. The fourth-order valence-corrected chi connectivity index (χ4v) is 2.50. The van der Waals surface area contributed by atoms with Gasteiger partial charge in [0.1, 0.15) is 11.5 Å². The molecule has 5 nitrogen and oxygen atoms in total. The molecule has 104 valence electrons. The van der Waals surface area contributed by atoms with Crippen molar-refractivity contribution in [2.24, 2.45) is 5.41 Å². The van der Waals surface area contributed by atoms with Crippen LogP contribution in [0.4, 0.5) is 0 Å². The van der Waals surface area contributed by atoms with Crippen LogP contribution in [0.1, 0.15) is 30.6 Å². The largest absolute Gasteiger partial charge is 0.508 e. The van der Waals surface area contributed by atoms with Crippen LogP contribution in [0.5, 0.6) is 11.5 Å². The molecule has 2 atom stereocenters. The summed E-state index contributed by atoms with van der Waals surface area (Å²) in [5, 5.41) is 21.6. The summed E-state index contributed by atoms with van der Waals surface area (Å²) in [5.74, 6) is -0.570. The van der Waals surface area contributed by atoms with E-state index in [0.29, 0.717) is 0 Å². The molecule has 0 saturated heterocycles. The highest BCUT2D eigenvalue weighted by molar-refractivity contribution is 5.95. The number of rotatable bonds is 3. The normalized spacial score (nSPS) is 24.6. The predicted molar refractivity (Wildman–Crippen MR) is 70.2 cm³/mol. The highest BCUT2D eigenvalue weighted by atomic mass is 16.5. The zero-order chi connectivity index (χ0) is 14.2. The number of ether oxygens (including phenoxy) is 1. The van der Waals surface area contributed by atoms with Crippen LogP contribution in [-0.4, -0.2) is 35.4 Å². The number of hydrogen-bond acceptors (Lipinski definition) is 4. The number of nitrogens with one attached hydrogen (secondary N) is 1. The number of amides is 1. The van der Waals surface area contributed by atoms with Gasteiger partial charge in [-0.15, -0.1) is 0 Å². The van der Waals surface area contributed by atoms with Gasteiger partial charge in [-0.25, -0.2) is 0 Å². The maximum absolute atomic E-state index is 12.1. The van der Waals surface area contributed by atoms with Crippen LogP contribution in [0.25, 0.3) is 0 Å². The molecule has 1 aliphatic rings. The second kappa shape index (κ2) is 4.74. The Hall–Kier alpha value is -1.75. The van der Waals surface area contributed by atoms with Crippen LogP contribution in [-0.2, 0) is 4.74 Å². The molecular formula is C14H19NO4. The first kappa shape index (κ1) is 13.7. The molecule has 0 aromatic heterocycles. The third kappa shape index (κ3) is 2.51. The van der Waals surface area contributed by atoms with Crippen molar-refractivity contribution >= 4 is 5.91 Å². The second-order valence-electron chi connectivity index (χ2n) is 5.55. The summed E-state index contributed by atoms with van der Waals surface area (Å²) in [6, 6.07) is 3.86. The lowest BCUT2D eigenvalue weighted by atomic mass is 9.64. The van der Waals surface area contributed by atoms with Crippen molar-refractivity contribution < 1.29 is 19.7 Å². The van der Waals surface area contributed by atoms with Crippen LogP contribution in [0.2, 0.25) is 0 Å². The van der Waals surface area contributed by atoms with Crippen molar-refractivity contribution in [3.05, 3.63) is 23.8 Å². The Kier molecular flexibility index (Phi) is 3.41. The fraction of sp³-hybridized carbons (Fsp3) is 0.500. The Balaban J connectivity index is 2.06. The van der Waals surface area contributed by atoms with E-state index >= 15 is 0 Å². The van der Waals surface area contributed by atoms with Gasteiger partial charge in [-0.2, -0.15) is 0 Å². The SMILES string of the molecule is COC1CC(NC(=O)c2cc(O)cc(O)c2)C1(C)C. The zero-order valence-electron chi connectivity index (χ0n) is 11.3. The van der Waals surface area contributed by atoms with Gasteiger partial charge in [-0.05, 0) is 18.6 Å². The Morgan fingerprint density at radius 3 is 2.37 bits per heavy atom. The second-order valence-corrected chi connectivity index (χ2v) is 5.55. The van der Waals surface area contributed by atoms with E-state index in [9.17, 15) is 15.0 Å². The molecule has 0 bridgehead atoms. The average Bonchev–Trinajstić information content (AvgIpc) is 2.32. The molecule has 1 aromatic carbocycles. The lowest BCUT2D eigenvalue weighted by molar-refractivity contribution is -0.0942. The molecule has 1 fully saturated rings. The minimum Gasteiger partial charge on any atom is -0.508 e. The van der Waals surface area contributed by atoms with Crippen LogP contribution in [0.15, 0.2) is 18.2 Å². The van der Waals surface area contributed by atoms with Crippen molar-refractivity contribution in [1.29, 1.82) is 0 Å². The van der Waals surface area contributed by atoms with E-state index < -0.39 is 0 Å². The molecule has 0 radical (unpaired) electrons. The van der Waals surface area contributed by atoms with Crippen molar-refractivity contribution in [1.82, 2.24) is 5.32 Å².